The number of ketones is 2. The van der Waals surface area contributed by atoms with Crippen LogP contribution >= 0.6 is 0 Å². The molecular formula is C21H16F6N2O4. The molecule has 0 unspecified atom stereocenters. The molecule has 176 valence electrons. The molecule has 0 saturated carbocycles. The van der Waals surface area contributed by atoms with Gasteiger partial charge in [-0.25, -0.2) is 0 Å². The first-order valence-corrected chi connectivity index (χ1v) is 9.09. The highest BCUT2D eigenvalue weighted by Gasteiger charge is 2.77. The van der Waals surface area contributed by atoms with Crippen LogP contribution in [0.2, 0.25) is 0 Å². The molecule has 0 saturated heterocycles. The monoisotopic (exact) mass is 474 g/mol. The van der Waals surface area contributed by atoms with Crippen LogP contribution in [0.3, 0.4) is 0 Å². The van der Waals surface area contributed by atoms with Crippen molar-refractivity contribution in [1.29, 1.82) is 0 Å². The van der Waals surface area contributed by atoms with Crippen LogP contribution in [0.25, 0.3) is 0 Å². The number of anilines is 2. The number of nitrogens with one attached hydrogen (secondary N) is 2. The quantitative estimate of drug-likeness (QED) is 0.433. The molecule has 0 radical (unpaired) electrons. The maximum Gasteiger partial charge on any atom is 0.393 e. The molecule has 0 atom stereocenters. The smallest absolute Gasteiger partial charge is 0.321 e. The molecule has 12 heteroatoms. The number of Topliss-reactive ketones (excluding diaryl/α,β-unsaturated/α-hetero) is 2. The molecule has 0 aliphatic heterocycles. The van der Waals surface area contributed by atoms with Gasteiger partial charge in [-0.1, -0.05) is 0 Å². The van der Waals surface area contributed by atoms with E-state index >= 15 is 0 Å². The van der Waals surface area contributed by atoms with Crippen LogP contribution in [0, 0.1) is 0 Å². The maximum atomic E-state index is 14.1. The third-order valence-electron chi connectivity index (χ3n) is 4.46. The Morgan fingerprint density at radius 2 is 0.848 bits per heavy atom. The first kappa shape index (κ1) is 25.6. The Labute approximate surface area is 183 Å². The highest BCUT2D eigenvalue weighted by atomic mass is 19.3. The Bertz CT molecular complexity index is 997. The summed E-state index contributed by atoms with van der Waals surface area (Å²) in [6.45, 7) is 2.38. The predicted octanol–water partition coefficient (Wildman–Crippen LogP) is 4.57. The molecule has 0 spiro atoms. The minimum Gasteiger partial charge on any atom is -0.321 e. The Kier molecular flexibility index (Phi) is 7.00. The first-order chi connectivity index (χ1) is 15.1. The fraction of sp³-hybridized carbons (Fsp3) is 0.238. The molecular weight excluding hydrogens is 458 g/mol. The summed E-state index contributed by atoms with van der Waals surface area (Å²) >= 11 is 0. The first-order valence-electron chi connectivity index (χ1n) is 9.09. The molecule has 2 amide bonds. The van der Waals surface area contributed by atoms with Gasteiger partial charge in [0, 0.05) is 22.5 Å². The lowest BCUT2D eigenvalue weighted by Gasteiger charge is -2.30. The van der Waals surface area contributed by atoms with Gasteiger partial charge in [-0.15, -0.1) is 0 Å². The Morgan fingerprint density at radius 3 is 1.09 bits per heavy atom. The molecule has 0 aromatic heterocycles. The molecule has 0 aliphatic carbocycles. The van der Waals surface area contributed by atoms with E-state index in [0.29, 0.717) is 0 Å². The van der Waals surface area contributed by atoms with E-state index in [0.717, 1.165) is 48.5 Å². The fourth-order valence-corrected chi connectivity index (χ4v) is 2.48. The largest absolute Gasteiger partial charge is 0.393 e. The molecule has 2 aromatic rings. The Morgan fingerprint density at radius 1 is 0.576 bits per heavy atom. The number of benzene rings is 2. The van der Waals surface area contributed by atoms with Crippen molar-refractivity contribution in [3.63, 3.8) is 0 Å². The molecule has 0 heterocycles. The van der Waals surface area contributed by atoms with E-state index in [1.165, 1.54) is 24.5 Å². The third-order valence-corrected chi connectivity index (χ3v) is 4.46. The van der Waals surface area contributed by atoms with Crippen molar-refractivity contribution in [2.75, 3.05) is 10.6 Å². The average Bonchev–Trinajstić information content (AvgIpc) is 2.74. The van der Waals surface area contributed by atoms with Gasteiger partial charge in [-0.3, -0.25) is 19.2 Å². The summed E-state index contributed by atoms with van der Waals surface area (Å²) < 4.78 is 84.7. The molecule has 2 aromatic carbocycles. The minimum atomic E-state index is -6.42. The normalized spacial score (nSPS) is 12.1. The van der Waals surface area contributed by atoms with E-state index in [9.17, 15) is 45.5 Å². The van der Waals surface area contributed by atoms with Crippen molar-refractivity contribution in [3.8, 4) is 0 Å². The zero-order valence-corrected chi connectivity index (χ0v) is 17.0. The number of hydrogen-bond donors (Lipinski definition) is 2. The number of alkyl halides is 6. The lowest BCUT2D eigenvalue weighted by Crippen LogP contribution is -2.63. The SMILES string of the molecule is CC(=O)c1ccc(NC(=O)C(F)(F)C(F)(F)C(F)(F)C(=O)Nc2ccc(C(C)=O)cc2)cc1. The van der Waals surface area contributed by atoms with Crippen molar-refractivity contribution in [2.24, 2.45) is 0 Å². The van der Waals surface area contributed by atoms with Gasteiger partial charge in [0.05, 0.1) is 0 Å². The highest BCUT2D eigenvalue weighted by molar-refractivity contribution is 6.02. The number of carbonyl (C=O) groups is 4. The van der Waals surface area contributed by atoms with Crippen LogP contribution in [0.15, 0.2) is 48.5 Å². The van der Waals surface area contributed by atoms with Crippen LogP contribution in [-0.4, -0.2) is 41.1 Å². The Balaban J connectivity index is 2.22. The molecule has 2 N–H and O–H groups in total. The summed E-state index contributed by atoms with van der Waals surface area (Å²) in [6.07, 6.45) is 0. The zero-order valence-electron chi connectivity index (χ0n) is 17.0. The Hall–Kier alpha value is -3.70. The van der Waals surface area contributed by atoms with Gasteiger partial charge in [0.2, 0.25) is 0 Å². The van der Waals surface area contributed by atoms with E-state index in [-0.39, 0.29) is 11.1 Å². The number of rotatable bonds is 8. The second kappa shape index (κ2) is 9.04. The van der Waals surface area contributed by atoms with Gasteiger partial charge in [0.25, 0.3) is 0 Å². The van der Waals surface area contributed by atoms with Crippen molar-refractivity contribution in [2.45, 2.75) is 31.6 Å². The van der Waals surface area contributed by atoms with Crippen molar-refractivity contribution < 1.29 is 45.5 Å². The standard InChI is InChI=1S/C21H16F6N2O4/c1-11(30)13-3-7-15(8-4-13)28-17(32)19(22,23)21(26,27)20(24,25)18(33)29-16-9-5-14(6-10-16)12(2)31/h3-10H,1-2H3,(H,28,32)(H,29,33). The fourth-order valence-electron chi connectivity index (χ4n) is 2.48. The third kappa shape index (κ3) is 5.04. The van der Waals surface area contributed by atoms with E-state index in [1.54, 1.807) is 0 Å². The molecule has 0 bridgehead atoms. The van der Waals surface area contributed by atoms with Gasteiger partial charge in [-0.05, 0) is 62.4 Å². The highest BCUT2D eigenvalue weighted by Crippen LogP contribution is 2.46. The van der Waals surface area contributed by atoms with Gasteiger partial charge in [0.15, 0.2) is 11.6 Å². The minimum absolute atomic E-state index is 0.115. The van der Waals surface area contributed by atoms with E-state index < -0.39 is 52.5 Å². The van der Waals surface area contributed by atoms with Crippen LogP contribution in [0.1, 0.15) is 34.6 Å². The number of carbonyl (C=O) groups excluding carboxylic acids is 4. The van der Waals surface area contributed by atoms with Crippen LogP contribution in [0.4, 0.5) is 37.7 Å². The van der Waals surface area contributed by atoms with E-state index in [2.05, 4.69) is 0 Å². The zero-order chi connectivity index (χ0) is 25.2. The van der Waals surface area contributed by atoms with Crippen molar-refractivity contribution >= 4 is 34.8 Å². The van der Waals surface area contributed by atoms with Crippen LogP contribution in [-0.2, 0) is 9.59 Å². The predicted molar refractivity (Wildman–Crippen MR) is 105 cm³/mol. The topological polar surface area (TPSA) is 92.3 Å². The van der Waals surface area contributed by atoms with E-state index in [1.807, 2.05) is 0 Å². The lowest BCUT2D eigenvalue weighted by molar-refractivity contribution is -0.283. The van der Waals surface area contributed by atoms with Gasteiger partial charge in [-0.2, -0.15) is 26.3 Å². The number of hydrogen-bond acceptors (Lipinski definition) is 4. The number of amides is 2. The van der Waals surface area contributed by atoms with Gasteiger partial charge < -0.3 is 10.6 Å². The maximum absolute atomic E-state index is 14.1. The average molecular weight is 474 g/mol. The molecule has 2 rings (SSSR count). The summed E-state index contributed by atoms with van der Waals surface area (Å²) in [6, 6.07) is 8.08. The summed E-state index contributed by atoms with van der Waals surface area (Å²) in [7, 11) is 0. The van der Waals surface area contributed by atoms with Gasteiger partial charge >= 0.3 is 29.6 Å². The summed E-state index contributed by atoms with van der Waals surface area (Å²) in [5, 5.41) is 2.71. The van der Waals surface area contributed by atoms with Crippen LogP contribution < -0.4 is 10.6 Å². The lowest BCUT2D eigenvalue weighted by atomic mass is 10.0. The van der Waals surface area contributed by atoms with E-state index in [4.69, 9.17) is 0 Å². The number of halogens is 6. The molecule has 33 heavy (non-hydrogen) atoms. The van der Waals surface area contributed by atoms with Gasteiger partial charge in [0.1, 0.15) is 0 Å². The van der Waals surface area contributed by atoms with Crippen LogP contribution in [0.5, 0.6) is 0 Å². The summed E-state index contributed by atoms with van der Waals surface area (Å²) in [4.78, 5) is 45.8. The van der Waals surface area contributed by atoms with Crippen molar-refractivity contribution in [1.82, 2.24) is 0 Å². The molecule has 0 aliphatic rings. The molecule has 6 nitrogen and oxygen atoms in total. The summed E-state index contributed by atoms with van der Waals surface area (Å²) in [5.41, 5.74) is -0.716. The molecule has 0 fully saturated rings. The second-order valence-electron chi connectivity index (χ2n) is 6.90. The summed E-state index contributed by atoms with van der Waals surface area (Å²) in [5.74, 6) is -24.8. The van der Waals surface area contributed by atoms with Crippen molar-refractivity contribution in [3.05, 3.63) is 59.7 Å². The second-order valence-corrected chi connectivity index (χ2v) is 6.90.